The molecule has 6 heteroatoms. The van der Waals surface area contributed by atoms with Crippen molar-refractivity contribution < 1.29 is 23.7 Å². The molecule has 0 saturated heterocycles. The van der Waals surface area contributed by atoms with E-state index in [9.17, 15) is 4.79 Å². The predicted molar refractivity (Wildman–Crippen MR) is 131 cm³/mol. The Morgan fingerprint density at radius 2 is 1.74 bits per heavy atom. The van der Waals surface area contributed by atoms with Crippen LogP contribution < -0.4 is 4.74 Å². The number of rotatable bonds is 8. The molecular formula is C29H33NO5. The van der Waals surface area contributed by atoms with Crippen molar-refractivity contribution in [2.24, 2.45) is 17.8 Å². The molecule has 0 N–H and O–H groups in total. The number of ether oxygens (including phenoxy) is 4. The third-order valence-electron chi connectivity index (χ3n) is 7.84. The highest BCUT2D eigenvalue weighted by atomic mass is 16.7. The van der Waals surface area contributed by atoms with Gasteiger partial charge in [-0.05, 0) is 97.9 Å². The smallest absolute Gasteiger partial charge is 0.339 e. The normalized spacial score (nSPS) is 26.2. The molecule has 4 bridgehead atoms. The summed E-state index contributed by atoms with van der Waals surface area (Å²) in [6.45, 7) is 1.27. The standard InChI is InChI=1S/C29H33NO5/c1-32-9-10-34-19-35-27-8-4-20(3-6-25-7-5-24(18-30-25)28(31)33-2)14-26(27)29-15-21-11-22(16-29)13-23(12-21)17-29/h4-5,7-8,14,18,21-23H,9-13,15-17,19H2,1-2H3. The van der Waals surface area contributed by atoms with Gasteiger partial charge in [-0.3, -0.25) is 0 Å². The van der Waals surface area contributed by atoms with Gasteiger partial charge in [0.2, 0.25) is 0 Å². The van der Waals surface area contributed by atoms with E-state index < -0.39 is 5.97 Å². The number of benzene rings is 1. The van der Waals surface area contributed by atoms with E-state index in [1.54, 1.807) is 19.2 Å². The lowest BCUT2D eigenvalue weighted by Gasteiger charge is -2.57. The Kier molecular flexibility index (Phi) is 7.08. The fourth-order valence-electron chi connectivity index (χ4n) is 6.74. The Balaban J connectivity index is 1.40. The van der Waals surface area contributed by atoms with Crippen LogP contribution in [0.3, 0.4) is 0 Å². The minimum absolute atomic E-state index is 0.175. The molecule has 6 rings (SSSR count). The first-order valence-electron chi connectivity index (χ1n) is 12.5. The summed E-state index contributed by atoms with van der Waals surface area (Å²) in [6, 6.07) is 9.71. The van der Waals surface area contributed by atoms with Crippen LogP contribution in [0, 0.1) is 29.6 Å². The molecule has 0 aliphatic heterocycles. The van der Waals surface area contributed by atoms with Crippen LogP contribution in [0.1, 0.15) is 65.7 Å². The molecule has 2 aromatic rings. The summed E-state index contributed by atoms with van der Waals surface area (Å²) < 4.78 is 21.6. The van der Waals surface area contributed by atoms with Crippen LogP contribution in [0.15, 0.2) is 36.5 Å². The molecular weight excluding hydrogens is 442 g/mol. The van der Waals surface area contributed by atoms with Gasteiger partial charge in [-0.1, -0.05) is 5.92 Å². The summed E-state index contributed by atoms with van der Waals surface area (Å²) in [5, 5.41) is 0. The number of nitrogens with zero attached hydrogens (tertiary/aromatic N) is 1. The Hall–Kier alpha value is -2.88. The highest BCUT2D eigenvalue weighted by molar-refractivity contribution is 5.88. The minimum atomic E-state index is -0.404. The Morgan fingerprint density at radius 1 is 1.00 bits per heavy atom. The zero-order valence-electron chi connectivity index (χ0n) is 20.5. The van der Waals surface area contributed by atoms with Crippen LogP contribution in [0.25, 0.3) is 0 Å². The first-order valence-corrected chi connectivity index (χ1v) is 12.5. The van der Waals surface area contributed by atoms with Crippen molar-refractivity contribution in [2.45, 2.75) is 43.9 Å². The van der Waals surface area contributed by atoms with Crippen LogP contribution in [0.4, 0.5) is 0 Å². The van der Waals surface area contributed by atoms with Gasteiger partial charge < -0.3 is 18.9 Å². The lowest BCUT2D eigenvalue weighted by molar-refractivity contribution is -0.0189. The molecule has 6 nitrogen and oxygen atoms in total. The summed E-state index contributed by atoms with van der Waals surface area (Å²) in [4.78, 5) is 15.9. The fourth-order valence-corrected chi connectivity index (χ4v) is 6.74. The van der Waals surface area contributed by atoms with E-state index in [2.05, 4.69) is 22.9 Å². The number of methoxy groups -OCH3 is 2. The summed E-state index contributed by atoms with van der Waals surface area (Å²) >= 11 is 0. The van der Waals surface area contributed by atoms with E-state index >= 15 is 0 Å². The average Bonchev–Trinajstić information content (AvgIpc) is 2.87. The van der Waals surface area contributed by atoms with Crippen molar-refractivity contribution in [1.29, 1.82) is 0 Å². The predicted octanol–water partition coefficient (Wildman–Crippen LogP) is 4.74. The highest BCUT2D eigenvalue weighted by Crippen LogP contribution is 2.61. The second kappa shape index (κ2) is 10.4. The van der Waals surface area contributed by atoms with Crippen molar-refractivity contribution in [1.82, 2.24) is 4.98 Å². The third-order valence-corrected chi connectivity index (χ3v) is 7.84. The van der Waals surface area contributed by atoms with Crippen molar-refractivity contribution in [2.75, 3.05) is 34.2 Å². The highest BCUT2D eigenvalue weighted by Gasteiger charge is 2.52. The molecule has 0 atom stereocenters. The maximum Gasteiger partial charge on any atom is 0.339 e. The molecule has 4 aliphatic carbocycles. The van der Waals surface area contributed by atoms with E-state index in [1.807, 2.05) is 12.1 Å². The molecule has 35 heavy (non-hydrogen) atoms. The molecule has 1 aromatic heterocycles. The number of aromatic nitrogens is 1. The van der Waals surface area contributed by atoms with Gasteiger partial charge in [0.25, 0.3) is 0 Å². The Labute approximate surface area is 207 Å². The van der Waals surface area contributed by atoms with Crippen molar-refractivity contribution >= 4 is 5.97 Å². The van der Waals surface area contributed by atoms with E-state index in [0.29, 0.717) is 24.5 Å². The van der Waals surface area contributed by atoms with Gasteiger partial charge in [-0.2, -0.15) is 0 Å². The zero-order chi connectivity index (χ0) is 24.3. The van der Waals surface area contributed by atoms with Crippen molar-refractivity contribution in [3.8, 4) is 17.6 Å². The van der Waals surface area contributed by atoms with Gasteiger partial charge in [0.15, 0.2) is 6.79 Å². The van der Waals surface area contributed by atoms with Crippen molar-refractivity contribution in [3.05, 3.63) is 58.9 Å². The molecule has 4 aliphatic rings. The van der Waals surface area contributed by atoms with Gasteiger partial charge in [0, 0.05) is 24.4 Å². The number of esters is 1. The molecule has 184 valence electrons. The first-order chi connectivity index (χ1) is 17.1. The Bertz CT molecular complexity index is 1080. The van der Waals surface area contributed by atoms with Crippen LogP contribution in [-0.4, -0.2) is 45.2 Å². The zero-order valence-corrected chi connectivity index (χ0v) is 20.5. The topological polar surface area (TPSA) is 66.9 Å². The van der Waals surface area contributed by atoms with Crippen molar-refractivity contribution in [3.63, 3.8) is 0 Å². The monoisotopic (exact) mass is 475 g/mol. The molecule has 0 amide bonds. The maximum atomic E-state index is 11.6. The van der Waals surface area contributed by atoms with Crippen LogP contribution in [0.5, 0.6) is 5.75 Å². The molecule has 0 unspecified atom stereocenters. The van der Waals surface area contributed by atoms with E-state index in [0.717, 1.165) is 29.1 Å². The van der Waals surface area contributed by atoms with Crippen LogP contribution in [-0.2, 0) is 19.6 Å². The largest absolute Gasteiger partial charge is 0.467 e. The van der Waals surface area contributed by atoms with Gasteiger partial charge >= 0.3 is 5.97 Å². The SMILES string of the molecule is COCCOCOc1ccc(C#Cc2ccc(C(=O)OC)cn2)cc1C12CC3CC(CC(C3)C1)C2. The third kappa shape index (κ3) is 5.22. The summed E-state index contributed by atoms with van der Waals surface area (Å²) in [7, 11) is 3.02. The molecule has 4 fully saturated rings. The molecule has 1 aromatic carbocycles. The number of pyridine rings is 1. The van der Waals surface area contributed by atoms with E-state index in [4.69, 9.17) is 18.9 Å². The lowest BCUT2D eigenvalue weighted by Crippen LogP contribution is -2.48. The second-order valence-corrected chi connectivity index (χ2v) is 10.2. The van der Waals surface area contributed by atoms with E-state index in [1.165, 1.54) is 57.4 Å². The Morgan fingerprint density at radius 3 is 2.37 bits per heavy atom. The number of hydrogen-bond acceptors (Lipinski definition) is 6. The van der Waals surface area contributed by atoms with Gasteiger partial charge in [-0.15, -0.1) is 0 Å². The average molecular weight is 476 g/mol. The van der Waals surface area contributed by atoms with Crippen LogP contribution in [0.2, 0.25) is 0 Å². The summed E-state index contributed by atoms with van der Waals surface area (Å²) in [5.41, 5.74) is 3.43. The number of carbonyl (C=O) groups excluding carboxylic acids is 1. The summed E-state index contributed by atoms with van der Waals surface area (Å²) in [6.07, 6.45) is 9.40. The van der Waals surface area contributed by atoms with E-state index in [-0.39, 0.29) is 12.2 Å². The summed E-state index contributed by atoms with van der Waals surface area (Å²) in [5.74, 6) is 9.42. The first kappa shape index (κ1) is 23.8. The molecule has 0 radical (unpaired) electrons. The van der Waals surface area contributed by atoms with Gasteiger partial charge in [-0.25, -0.2) is 9.78 Å². The van der Waals surface area contributed by atoms with Gasteiger partial charge in [0.05, 0.1) is 25.9 Å². The number of hydrogen-bond donors (Lipinski definition) is 0. The van der Waals surface area contributed by atoms with Crippen LogP contribution >= 0.6 is 0 Å². The maximum absolute atomic E-state index is 11.6. The molecule has 0 spiro atoms. The van der Waals surface area contributed by atoms with Gasteiger partial charge in [0.1, 0.15) is 11.4 Å². The second-order valence-electron chi connectivity index (χ2n) is 10.2. The number of carbonyl (C=O) groups is 1. The fraction of sp³-hybridized carbons (Fsp3) is 0.517. The quantitative estimate of drug-likeness (QED) is 0.238. The minimum Gasteiger partial charge on any atom is -0.467 e. The lowest BCUT2D eigenvalue weighted by atomic mass is 9.48. The molecule has 4 saturated carbocycles. The molecule has 1 heterocycles.